The van der Waals surface area contributed by atoms with Gasteiger partial charge in [0.1, 0.15) is 6.04 Å². The summed E-state index contributed by atoms with van der Waals surface area (Å²) in [6.45, 7) is 2.17. The third-order valence-corrected chi connectivity index (χ3v) is 3.53. The summed E-state index contributed by atoms with van der Waals surface area (Å²) in [5.74, 6) is -1.26. The lowest BCUT2D eigenvalue weighted by Gasteiger charge is -2.29. The van der Waals surface area contributed by atoms with Crippen LogP contribution in [0.3, 0.4) is 0 Å². The molecule has 0 spiro atoms. The molecule has 116 valence electrons. The number of benzene rings is 1. The van der Waals surface area contributed by atoms with Crippen LogP contribution in [0.25, 0.3) is 0 Å². The number of nitrogens with one attached hydrogen (secondary N) is 1. The number of hydrogen-bond acceptors (Lipinski definition) is 3. The maximum atomic E-state index is 13.1. The summed E-state index contributed by atoms with van der Waals surface area (Å²) in [6, 6.07) is 3.62. The first kappa shape index (κ1) is 15.8. The smallest absolute Gasteiger partial charge is 0.416 e. The van der Waals surface area contributed by atoms with E-state index in [2.05, 4.69) is 5.32 Å². The Balaban J connectivity index is 2.41. The molecule has 0 bridgehead atoms. The van der Waals surface area contributed by atoms with Crippen molar-refractivity contribution in [3.8, 4) is 0 Å². The summed E-state index contributed by atoms with van der Waals surface area (Å²) < 4.78 is 39.3. The molecule has 0 radical (unpaired) electrons. The fraction of sp³-hybridized carbons (Fsp3) is 0.500. The van der Waals surface area contributed by atoms with E-state index in [1.54, 1.807) is 4.90 Å². The molecule has 2 N–H and O–H groups in total. The monoisotopic (exact) mass is 302 g/mol. The zero-order chi connectivity index (χ0) is 15.5. The summed E-state index contributed by atoms with van der Waals surface area (Å²) in [5, 5.41) is 12.5. The van der Waals surface area contributed by atoms with Gasteiger partial charge in [0, 0.05) is 19.6 Å². The lowest BCUT2D eigenvalue weighted by atomic mass is 9.98. The Morgan fingerprint density at radius 1 is 1.24 bits per heavy atom. The van der Waals surface area contributed by atoms with E-state index >= 15 is 0 Å². The Labute approximate surface area is 120 Å². The fourth-order valence-electron chi connectivity index (χ4n) is 2.60. The Bertz CT molecular complexity index is 497. The van der Waals surface area contributed by atoms with Crippen LogP contribution in [0.5, 0.6) is 0 Å². The van der Waals surface area contributed by atoms with Crippen molar-refractivity contribution in [2.24, 2.45) is 0 Å². The van der Waals surface area contributed by atoms with Gasteiger partial charge in [0.15, 0.2) is 0 Å². The van der Waals surface area contributed by atoms with Crippen molar-refractivity contribution in [3.63, 3.8) is 0 Å². The largest absolute Gasteiger partial charge is 0.480 e. The number of rotatable bonds is 3. The standard InChI is InChI=1S/C14H17F3N2O2/c15-14(16,17)11-5-2-1-4-10(11)12(13(20)21)19-8-3-6-18-7-9-19/h1-2,4-5,12,18H,3,6-9H2,(H,20,21). The van der Waals surface area contributed by atoms with E-state index in [4.69, 9.17) is 0 Å². The molecule has 1 atom stereocenters. The van der Waals surface area contributed by atoms with E-state index in [1.165, 1.54) is 18.2 Å². The van der Waals surface area contributed by atoms with Gasteiger partial charge >= 0.3 is 12.1 Å². The van der Waals surface area contributed by atoms with Crippen molar-refractivity contribution in [2.75, 3.05) is 26.2 Å². The molecule has 1 aliphatic heterocycles. The fourth-order valence-corrected chi connectivity index (χ4v) is 2.60. The summed E-state index contributed by atoms with van der Waals surface area (Å²) >= 11 is 0. The average Bonchev–Trinajstić information content (AvgIpc) is 2.67. The van der Waals surface area contributed by atoms with Crippen LogP contribution < -0.4 is 5.32 Å². The zero-order valence-corrected chi connectivity index (χ0v) is 11.4. The third-order valence-electron chi connectivity index (χ3n) is 3.53. The third kappa shape index (κ3) is 3.74. The molecule has 4 nitrogen and oxygen atoms in total. The van der Waals surface area contributed by atoms with E-state index in [0.717, 1.165) is 12.6 Å². The van der Waals surface area contributed by atoms with Crippen LogP contribution >= 0.6 is 0 Å². The van der Waals surface area contributed by atoms with Gasteiger partial charge in [0.2, 0.25) is 0 Å². The van der Waals surface area contributed by atoms with E-state index in [-0.39, 0.29) is 5.56 Å². The predicted molar refractivity (Wildman–Crippen MR) is 70.9 cm³/mol. The van der Waals surface area contributed by atoms with Gasteiger partial charge in [-0.05, 0) is 24.6 Å². The molecule has 1 saturated heterocycles. The maximum absolute atomic E-state index is 13.1. The van der Waals surface area contributed by atoms with Crippen LogP contribution in [0.2, 0.25) is 0 Å². The van der Waals surface area contributed by atoms with E-state index < -0.39 is 23.8 Å². The second kappa shape index (κ2) is 6.44. The first-order valence-corrected chi connectivity index (χ1v) is 6.75. The Hall–Kier alpha value is -1.60. The van der Waals surface area contributed by atoms with Gasteiger partial charge in [-0.25, -0.2) is 0 Å². The summed E-state index contributed by atoms with van der Waals surface area (Å²) in [4.78, 5) is 13.2. The zero-order valence-electron chi connectivity index (χ0n) is 11.4. The Kier molecular flexibility index (Phi) is 4.84. The molecular weight excluding hydrogens is 285 g/mol. The first-order chi connectivity index (χ1) is 9.91. The Morgan fingerprint density at radius 2 is 1.95 bits per heavy atom. The first-order valence-electron chi connectivity index (χ1n) is 6.75. The molecule has 1 heterocycles. The number of halogens is 3. The maximum Gasteiger partial charge on any atom is 0.416 e. The highest BCUT2D eigenvalue weighted by atomic mass is 19.4. The molecule has 1 unspecified atom stereocenters. The predicted octanol–water partition coefficient (Wildman–Crippen LogP) is 2.13. The highest BCUT2D eigenvalue weighted by Gasteiger charge is 2.38. The van der Waals surface area contributed by atoms with Crippen molar-refractivity contribution in [2.45, 2.75) is 18.6 Å². The lowest BCUT2D eigenvalue weighted by molar-refractivity contribution is -0.145. The van der Waals surface area contributed by atoms with Crippen LogP contribution in [-0.2, 0) is 11.0 Å². The summed E-state index contributed by atoms with van der Waals surface area (Å²) in [7, 11) is 0. The van der Waals surface area contributed by atoms with Crippen LogP contribution in [-0.4, -0.2) is 42.2 Å². The van der Waals surface area contributed by atoms with Gasteiger partial charge in [-0.1, -0.05) is 18.2 Å². The lowest BCUT2D eigenvalue weighted by Crippen LogP contribution is -2.37. The van der Waals surface area contributed by atoms with Crippen molar-refractivity contribution < 1.29 is 23.1 Å². The van der Waals surface area contributed by atoms with Crippen molar-refractivity contribution >= 4 is 5.97 Å². The quantitative estimate of drug-likeness (QED) is 0.898. The number of carboxylic acid groups (broad SMARTS) is 1. The average molecular weight is 302 g/mol. The molecule has 21 heavy (non-hydrogen) atoms. The van der Waals surface area contributed by atoms with Gasteiger partial charge in [0.05, 0.1) is 5.56 Å². The minimum Gasteiger partial charge on any atom is -0.480 e. The van der Waals surface area contributed by atoms with Gasteiger partial charge in [-0.3, -0.25) is 9.69 Å². The molecule has 2 rings (SSSR count). The second-order valence-corrected chi connectivity index (χ2v) is 4.97. The van der Waals surface area contributed by atoms with E-state index in [0.29, 0.717) is 26.1 Å². The normalized spacial score (nSPS) is 19.0. The minimum absolute atomic E-state index is 0.195. The minimum atomic E-state index is -4.56. The molecule has 1 aromatic rings. The van der Waals surface area contributed by atoms with E-state index in [9.17, 15) is 23.1 Å². The number of alkyl halides is 3. The van der Waals surface area contributed by atoms with E-state index in [1.807, 2.05) is 0 Å². The molecule has 0 aliphatic carbocycles. The van der Waals surface area contributed by atoms with Crippen molar-refractivity contribution in [3.05, 3.63) is 35.4 Å². The number of carboxylic acids is 1. The molecule has 1 aliphatic rings. The molecule has 1 fully saturated rings. The van der Waals surface area contributed by atoms with Gasteiger partial charge in [0.25, 0.3) is 0 Å². The van der Waals surface area contributed by atoms with Crippen molar-refractivity contribution in [1.82, 2.24) is 10.2 Å². The molecule has 1 aromatic carbocycles. The SMILES string of the molecule is O=C(O)C(c1ccccc1C(F)(F)F)N1CCCNCC1. The second-order valence-electron chi connectivity index (χ2n) is 4.97. The number of carbonyl (C=O) groups is 1. The van der Waals surface area contributed by atoms with Crippen LogP contribution in [0.4, 0.5) is 13.2 Å². The number of aliphatic carboxylic acids is 1. The number of nitrogens with zero attached hydrogens (tertiary/aromatic N) is 1. The van der Waals surface area contributed by atoms with Crippen LogP contribution in [0, 0.1) is 0 Å². The van der Waals surface area contributed by atoms with Crippen molar-refractivity contribution in [1.29, 1.82) is 0 Å². The molecule has 7 heteroatoms. The number of hydrogen-bond donors (Lipinski definition) is 2. The Morgan fingerprint density at radius 3 is 2.62 bits per heavy atom. The van der Waals surface area contributed by atoms with Gasteiger partial charge in [-0.15, -0.1) is 0 Å². The van der Waals surface area contributed by atoms with Crippen LogP contribution in [0.15, 0.2) is 24.3 Å². The van der Waals surface area contributed by atoms with Gasteiger partial charge in [-0.2, -0.15) is 13.2 Å². The van der Waals surface area contributed by atoms with Gasteiger partial charge < -0.3 is 10.4 Å². The topological polar surface area (TPSA) is 52.6 Å². The molecule has 0 saturated carbocycles. The summed E-state index contributed by atoms with van der Waals surface area (Å²) in [5.41, 5.74) is -1.07. The molecule has 0 aromatic heterocycles. The highest BCUT2D eigenvalue weighted by Crippen LogP contribution is 2.36. The van der Waals surface area contributed by atoms with Crippen LogP contribution in [0.1, 0.15) is 23.6 Å². The highest BCUT2D eigenvalue weighted by molar-refractivity contribution is 5.76. The summed E-state index contributed by atoms with van der Waals surface area (Å²) in [6.07, 6.45) is -3.85. The molecule has 0 amide bonds. The molecular formula is C14H17F3N2O2.